The molecule has 0 bridgehead atoms. The van der Waals surface area contributed by atoms with Crippen molar-refractivity contribution in [3.05, 3.63) is 63.6 Å². The zero-order valence-corrected chi connectivity index (χ0v) is 18.1. The van der Waals surface area contributed by atoms with Gasteiger partial charge in [0.2, 0.25) is 0 Å². The lowest BCUT2D eigenvalue weighted by Crippen LogP contribution is -2.26. The Hall–Kier alpha value is -1.85. The molecule has 0 spiro atoms. The minimum atomic E-state index is -0.254. The standard InChI is InChI=1S/C24H27BrFNO2/c25-23-4-1-3-17-5-8-19(28)15-22(17)24(23)18-6-9-20(10-7-18)29-21-11-14-27(16-21)13-2-12-26/h5-10,15,21,28H,1-4,11-14,16H2. The van der Waals surface area contributed by atoms with Crippen molar-refractivity contribution in [3.8, 4) is 11.5 Å². The van der Waals surface area contributed by atoms with Gasteiger partial charge in [-0.05, 0) is 78.6 Å². The zero-order valence-electron chi connectivity index (χ0n) is 16.5. The minimum absolute atomic E-state index is 0.168. The predicted molar refractivity (Wildman–Crippen MR) is 119 cm³/mol. The highest BCUT2D eigenvalue weighted by Gasteiger charge is 2.24. The molecule has 1 aliphatic heterocycles. The van der Waals surface area contributed by atoms with E-state index in [4.69, 9.17) is 4.74 Å². The van der Waals surface area contributed by atoms with Gasteiger partial charge in [-0.1, -0.05) is 34.1 Å². The van der Waals surface area contributed by atoms with Gasteiger partial charge >= 0.3 is 0 Å². The van der Waals surface area contributed by atoms with Gasteiger partial charge in [-0.2, -0.15) is 0 Å². The summed E-state index contributed by atoms with van der Waals surface area (Å²) in [7, 11) is 0. The maximum absolute atomic E-state index is 12.4. The molecule has 1 fully saturated rings. The number of nitrogens with zero attached hydrogens (tertiary/aromatic N) is 1. The van der Waals surface area contributed by atoms with Gasteiger partial charge in [-0.25, -0.2) is 0 Å². The highest BCUT2D eigenvalue weighted by atomic mass is 79.9. The first-order valence-electron chi connectivity index (χ1n) is 10.4. The second-order valence-corrected chi connectivity index (χ2v) is 8.83. The van der Waals surface area contributed by atoms with Crippen LogP contribution in [0.2, 0.25) is 0 Å². The Morgan fingerprint density at radius 3 is 2.76 bits per heavy atom. The van der Waals surface area contributed by atoms with Gasteiger partial charge in [0.15, 0.2) is 0 Å². The molecular weight excluding hydrogens is 433 g/mol. The number of benzene rings is 2. The van der Waals surface area contributed by atoms with E-state index >= 15 is 0 Å². The number of fused-ring (bicyclic) bond motifs is 1. The van der Waals surface area contributed by atoms with Crippen LogP contribution < -0.4 is 4.74 Å². The Morgan fingerprint density at radius 1 is 1.14 bits per heavy atom. The number of rotatable bonds is 6. The monoisotopic (exact) mass is 459 g/mol. The van der Waals surface area contributed by atoms with Crippen LogP contribution in [0.4, 0.5) is 4.39 Å². The van der Waals surface area contributed by atoms with Crippen LogP contribution in [0.3, 0.4) is 0 Å². The normalized spacial score (nSPS) is 19.9. The molecule has 1 heterocycles. The second-order valence-electron chi connectivity index (χ2n) is 7.87. The van der Waals surface area contributed by atoms with Crippen LogP contribution in [-0.2, 0) is 6.42 Å². The molecule has 0 radical (unpaired) electrons. The summed E-state index contributed by atoms with van der Waals surface area (Å²) in [6.45, 7) is 2.40. The van der Waals surface area contributed by atoms with Crippen LogP contribution in [0.25, 0.3) is 5.57 Å². The maximum Gasteiger partial charge on any atom is 0.119 e. The molecule has 5 heteroatoms. The van der Waals surface area contributed by atoms with Crippen LogP contribution in [0, 0.1) is 0 Å². The molecule has 4 rings (SSSR count). The van der Waals surface area contributed by atoms with E-state index in [1.807, 2.05) is 24.3 Å². The lowest BCUT2D eigenvalue weighted by Gasteiger charge is -2.17. The van der Waals surface area contributed by atoms with Crippen molar-refractivity contribution < 1.29 is 14.2 Å². The van der Waals surface area contributed by atoms with E-state index in [2.05, 4.69) is 33.0 Å². The fourth-order valence-electron chi connectivity index (χ4n) is 4.30. The smallest absolute Gasteiger partial charge is 0.119 e. The van der Waals surface area contributed by atoms with E-state index in [1.165, 1.54) is 10.0 Å². The predicted octanol–water partition coefficient (Wildman–Crippen LogP) is 5.70. The first kappa shape index (κ1) is 20.4. The molecule has 1 N–H and O–H groups in total. The first-order chi connectivity index (χ1) is 14.1. The molecule has 1 saturated heterocycles. The molecular formula is C24H27BrFNO2. The summed E-state index contributed by atoms with van der Waals surface area (Å²) in [5.74, 6) is 1.16. The number of ether oxygens (including phenoxy) is 1. The third kappa shape index (κ3) is 4.84. The van der Waals surface area contributed by atoms with Gasteiger partial charge in [0.25, 0.3) is 0 Å². The number of allylic oxidation sites excluding steroid dienone is 1. The molecule has 1 aliphatic carbocycles. The number of phenolic OH excluding ortho intramolecular Hbond substituents is 1. The van der Waals surface area contributed by atoms with Crippen LogP contribution in [-0.4, -0.2) is 42.4 Å². The Labute approximate surface area is 180 Å². The number of aromatic hydroxyl groups is 1. The molecule has 2 aromatic carbocycles. The van der Waals surface area contributed by atoms with E-state index in [1.54, 1.807) is 6.07 Å². The summed E-state index contributed by atoms with van der Waals surface area (Å²) in [4.78, 5) is 2.27. The summed E-state index contributed by atoms with van der Waals surface area (Å²) in [5, 5.41) is 10.0. The maximum atomic E-state index is 12.4. The third-order valence-electron chi connectivity index (χ3n) is 5.76. The highest BCUT2D eigenvalue weighted by Crippen LogP contribution is 2.39. The third-order valence-corrected chi connectivity index (χ3v) is 6.55. The number of alkyl halides is 1. The van der Waals surface area contributed by atoms with Gasteiger partial charge in [0.1, 0.15) is 17.6 Å². The highest BCUT2D eigenvalue weighted by molar-refractivity contribution is 9.11. The average molecular weight is 460 g/mol. The number of phenols is 1. The molecule has 0 amide bonds. The minimum Gasteiger partial charge on any atom is -0.508 e. The molecule has 154 valence electrons. The summed E-state index contributed by atoms with van der Waals surface area (Å²) in [6, 6.07) is 13.9. The SMILES string of the molecule is Oc1ccc2c(c1)C(c1ccc(OC3CCN(CCCF)C3)cc1)=C(Br)CCC2. The van der Waals surface area contributed by atoms with E-state index in [-0.39, 0.29) is 12.8 Å². The number of likely N-dealkylation sites (tertiary alicyclic amines) is 1. The Kier molecular flexibility index (Phi) is 6.56. The van der Waals surface area contributed by atoms with E-state index in [0.29, 0.717) is 12.2 Å². The summed E-state index contributed by atoms with van der Waals surface area (Å²) in [6.07, 6.45) is 4.83. The number of halogens is 2. The Balaban J connectivity index is 1.50. The molecule has 2 aromatic rings. The van der Waals surface area contributed by atoms with Crippen molar-refractivity contribution in [1.82, 2.24) is 4.90 Å². The molecule has 0 saturated carbocycles. The van der Waals surface area contributed by atoms with Crippen LogP contribution in [0.1, 0.15) is 42.4 Å². The first-order valence-corrected chi connectivity index (χ1v) is 11.2. The van der Waals surface area contributed by atoms with E-state index in [0.717, 1.165) is 67.8 Å². The largest absolute Gasteiger partial charge is 0.508 e. The summed E-state index contributed by atoms with van der Waals surface area (Å²) >= 11 is 3.79. The molecule has 1 unspecified atom stereocenters. The number of aryl methyl sites for hydroxylation is 1. The molecule has 3 nitrogen and oxygen atoms in total. The van der Waals surface area contributed by atoms with Gasteiger partial charge in [0.05, 0.1) is 6.67 Å². The molecule has 0 aromatic heterocycles. The van der Waals surface area contributed by atoms with E-state index in [9.17, 15) is 9.50 Å². The lowest BCUT2D eigenvalue weighted by atomic mass is 9.93. The topological polar surface area (TPSA) is 32.7 Å². The molecule has 1 atom stereocenters. The van der Waals surface area contributed by atoms with E-state index < -0.39 is 0 Å². The quantitative estimate of drug-likeness (QED) is 0.601. The average Bonchev–Trinajstić information content (AvgIpc) is 3.09. The van der Waals surface area contributed by atoms with Crippen LogP contribution in [0.15, 0.2) is 46.9 Å². The number of hydrogen-bond acceptors (Lipinski definition) is 3. The van der Waals surface area contributed by atoms with Crippen molar-refractivity contribution in [1.29, 1.82) is 0 Å². The van der Waals surface area contributed by atoms with Crippen LogP contribution >= 0.6 is 15.9 Å². The Bertz CT molecular complexity index is 881. The van der Waals surface area contributed by atoms with Crippen molar-refractivity contribution >= 4 is 21.5 Å². The van der Waals surface area contributed by atoms with Crippen molar-refractivity contribution in [2.75, 3.05) is 26.3 Å². The van der Waals surface area contributed by atoms with Gasteiger partial charge < -0.3 is 9.84 Å². The number of hydrogen-bond donors (Lipinski definition) is 1. The second kappa shape index (κ2) is 9.31. The lowest BCUT2D eigenvalue weighted by molar-refractivity contribution is 0.198. The fourth-order valence-corrected chi connectivity index (χ4v) is 5.03. The van der Waals surface area contributed by atoms with Crippen molar-refractivity contribution in [2.45, 2.75) is 38.2 Å². The van der Waals surface area contributed by atoms with Crippen LogP contribution in [0.5, 0.6) is 11.5 Å². The molecule has 2 aliphatic rings. The van der Waals surface area contributed by atoms with Gasteiger partial charge in [-0.3, -0.25) is 9.29 Å². The molecule has 29 heavy (non-hydrogen) atoms. The van der Waals surface area contributed by atoms with Crippen molar-refractivity contribution in [2.24, 2.45) is 0 Å². The van der Waals surface area contributed by atoms with Crippen molar-refractivity contribution in [3.63, 3.8) is 0 Å². The Morgan fingerprint density at radius 2 is 1.97 bits per heavy atom. The van der Waals surface area contributed by atoms with Gasteiger partial charge in [0, 0.05) is 24.1 Å². The summed E-state index contributed by atoms with van der Waals surface area (Å²) in [5.41, 5.74) is 4.64. The fraction of sp³-hybridized carbons (Fsp3) is 0.417. The summed E-state index contributed by atoms with van der Waals surface area (Å²) < 4.78 is 19.7. The zero-order chi connectivity index (χ0) is 20.2. The van der Waals surface area contributed by atoms with Gasteiger partial charge in [-0.15, -0.1) is 0 Å².